The zero-order valence-corrected chi connectivity index (χ0v) is 19.1. The predicted octanol–water partition coefficient (Wildman–Crippen LogP) is 4.47. The van der Waals surface area contributed by atoms with Crippen LogP contribution in [-0.4, -0.2) is 45.1 Å². The molecule has 0 saturated heterocycles. The quantitative estimate of drug-likeness (QED) is 0.368. The van der Waals surface area contributed by atoms with E-state index in [-0.39, 0.29) is 11.7 Å². The van der Waals surface area contributed by atoms with Gasteiger partial charge in [-0.15, -0.1) is 10.2 Å². The molecule has 0 aliphatic heterocycles. The number of rotatable bonds is 9. The molecular weight excluding hydrogens is 438 g/mol. The van der Waals surface area contributed by atoms with E-state index in [1.165, 1.54) is 11.8 Å². The Labute approximate surface area is 196 Å². The summed E-state index contributed by atoms with van der Waals surface area (Å²) in [5.41, 5.74) is 2.45. The van der Waals surface area contributed by atoms with Crippen molar-refractivity contribution in [1.29, 1.82) is 0 Å². The van der Waals surface area contributed by atoms with Crippen LogP contribution in [0.25, 0.3) is 17.1 Å². The van der Waals surface area contributed by atoms with Gasteiger partial charge >= 0.3 is 0 Å². The molecule has 0 atom stereocenters. The number of amides is 1. The van der Waals surface area contributed by atoms with Crippen LogP contribution in [0.5, 0.6) is 11.5 Å². The van der Waals surface area contributed by atoms with Crippen LogP contribution in [0, 0.1) is 0 Å². The Morgan fingerprint density at radius 2 is 1.67 bits per heavy atom. The molecule has 0 saturated carbocycles. The Bertz CT molecular complexity index is 1200. The van der Waals surface area contributed by atoms with Gasteiger partial charge in [0.2, 0.25) is 5.91 Å². The minimum absolute atomic E-state index is 0.142. The van der Waals surface area contributed by atoms with Gasteiger partial charge in [0.15, 0.2) is 11.0 Å². The standard InChI is InChI=1S/C24H23N5O3S/c1-3-32-21-10-6-19(7-11-21)29-23(17-12-14-25-15-13-17)27-28-24(29)33-16-22(30)26-18-4-8-20(31-2)9-5-18/h4-15H,3,16H2,1-2H3,(H,26,30). The highest BCUT2D eigenvalue weighted by molar-refractivity contribution is 7.99. The number of aromatic nitrogens is 4. The highest BCUT2D eigenvalue weighted by atomic mass is 32.2. The van der Waals surface area contributed by atoms with E-state index in [1.807, 2.05) is 47.9 Å². The number of thioether (sulfide) groups is 1. The predicted molar refractivity (Wildman–Crippen MR) is 128 cm³/mol. The van der Waals surface area contributed by atoms with Crippen LogP contribution in [0.3, 0.4) is 0 Å². The van der Waals surface area contributed by atoms with Gasteiger partial charge in [0.1, 0.15) is 11.5 Å². The molecule has 0 aliphatic carbocycles. The fourth-order valence-corrected chi connectivity index (χ4v) is 3.90. The fraction of sp³-hybridized carbons (Fsp3) is 0.167. The van der Waals surface area contributed by atoms with E-state index in [9.17, 15) is 4.79 Å². The first-order valence-electron chi connectivity index (χ1n) is 10.3. The Hall–Kier alpha value is -3.85. The van der Waals surface area contributed by atoms with Crippen LogP contribution < -0.4 is 14.8 Å². The third kappa shape index (κ3) is 5.50. The second-order valence-corrected chi connectivity index (χ2v) is 7.81. The smallest absolute Gasteiger partial charge is 0.234 e. The van der Waals surface area contributed by atoms with Crippen molar-refractivity contribution in [2.45, 2.75) is 12.1 Å². The number of pyridine rings is 1. The van der Waals surface area contributed by atoms with Crippen LogP contribution in [-0.2, 0) is 4.79 Å². The number of methoxy groups -OCH3 is 1. The number of hydrogen-bond donors (Lipinski definition) is 1. The second kappa shape index (κ2) is 10.6. The summed E-state index contributed by atoms with van der Waals surface area (Å²) in [5.74, 6) is 2.22. The SMILES string of the molecule is CCOc1ccc(-n2c(SCC(=O)Nc3ccc(OC)cc3)nnc2-c2ccncc2)cc1. The fourth-order valence-electron chi connectivity index (χ4n) is 3.14. The molecule has 0 aliphatic rings. The molecule has 4 rings (SSSR count). The van der Waals surface area contributed by atoms with Crippen molar-refractivity contribution in [3.8, 4) is 28.6 Å². The highest BCUT2D eigenvalue weighted by Gasteiger charge is 2.17. The van der Waals surface area contributed by atoms with Gasteiger partial charge in [-0.1, -0.05) is 11.8 Å². The summed E-state index contributed by atoms with van der Waals surface area (Å²) < 4.78 is 12.6. The van der Waals surface area contributed by atoms with Crippen LogP contribution in [0.2, 0.25) is 0 Å². The molecule has 1 N–H and O–H groups in total. The van der Waals surface area contributed by atoms with Gasteiger partial charge in [0.05, 0.1) is 19.5 Å². The molecule has 1 amide bonds. The first-order chi connectivity index (χ1) is 16.2. The number of hydrogen-bond acceptors (Lipinski definition) is 7. The molecule has 0 spiro atoms. The third-order valence-electron chi connectivity index (χ3n) is 4.68. The van der Waals surface area contributed by atoms with E-state index < -0.39 is 0 Å². The van der Waals surface area contributed by atoms with Crippen LogP contribution in [0.15, 0.2) is 78.2 Å². The number of carbonyl (C=O) groups excluding carboxylic acids is 1. The lowest BCUT2D eigenvalue weighted by Gasteiger charge is -2.11. The van der Waals surface area contributed by atoms with Gasteiger partial charge < -0.3 is 14.8 Å². The molecular formula is C24H23N5O3S. The molecule has 2 aromatic heterocycles. The van der Waals surface area contributed by atoms with Crippen molar-refractivity contribution < 1.29 is 14.3 Å². The monoisotopic (exact) mass is 461 g/mol. The van der Waals surface area contributed by atoms with E-state index >= 15 is 0 Å². The van der Waals surface area contributed by atoms with E-state index in [0.717, 1.165) is 22.7 Å². The van der Waals surface area contributed by atoms with Crippen molar-refractivity contribution in [1.82, 2.24) is 19.7 Å². The zero-order chi connectivity index (χ0) is 23.0. The van der Waals surface area contributed by atoms with Gasteiger partial charge in [-0.05, 0) is 67.6 Å². The summed E-state index contributed by atoms with van der Waals surface area (Å²) in [5, 5.41) is 12.2. The molecule has 2 heterocycles. The summed E-state index contributed by atoms with van der Waals surface area (Å²) >= 11 is 1.31. The average molecular weight is 462 g/mol. The van der Waals surface area contributed by atoms with E-state index in [0.29, 0.717) is 23.3 Å². The molecule has 33 heavy (non-hydrogen) atoms. The molecule has 2 aromatic carbocycles. The number of ether oxygens (including phenoxy) is 2. The lowest BCUT2D eigenvalue weighted by Crippen LogP contribution is -2.14. The summed E-state index contributed by atoms with van der Waals surface area (Å²) in [7, 11) is 1.60. The summed E-state index contributed by atoms with van der Waals surface area (Å²) in [6.07, 6.45) is 3.42. The van der Waals surface area contributed by atoms with Gasteiger partial charge in [0, 0.05) is 29.3 Å². The molecule has 9 heteroatoms. The van der Waals surface area contributed by atoms with Gasteiger partial charge in [0.25, 0.3) is 0 Å². The maximum atomic E-state index is 12.5. The minimum Gasteiger partial charge on any atom is -0.497 e. The summed E-state index contributed by atoms with van der Waals surface area (Å²) in [6, 6.07) is 18.6. The summed E-state index contributed by atoms with van der Waals surface area (Å²) in [4.78, 5) is 16.6. The lowest BCUT2D eigenvalue weighted by atomic mass is 10.2. The first kappa shape index (κ1) is 22.3. The van der Waals surface area contributed by atoms with Gasteiger partial charge in [-0.3, -0.25) is 14.3 Å². The lowest BCUT2D eigenvalue weighted by molar-refractivity contribution is -0.113. The Balaban J connectivity index is 1.55. The number of anilines is 1. The molecule has 0 fully saturated rings. The van der Waals surface area contributed by atoms with Crippen LogP contribution in [0.4, 0.5) is 5.69 Å². The Kier molecular flexibility index (Phi) is 7.21. The molecule has 0 bridgehead atoms. The number of nitrogens with zero attached hydrogens (tertiary/aromatic N) is 4. The normalized spacial score (nSPS) is 10.6. The van der Waals surface area contributed by atoms with E-state index in [2.05, 4.69) is 20.5 Å². The molecule has 0 radical (unpaired) electrons. The summed E-state index contributed by atoms with van der Waals surface area (Å²) in [6.45, 7) is 2.54. The van der Waals surface area contributed by atoms with Crippen molar-refractivity contribution in [2.24, 2.45) is 0 Å². The molecule has 4 aromatic rings. The third-order valence-corrected chi connectivity index (χ3v) is 5.61. The Morgan fingerprint density at radius 3 is 2.33 bits per heavy atom. The maximum Gasteiger partial charge on any atom is 0.234 e. The number of nitrogens with one attached hydrogen (secondary N) is 1. The van der Waals surface area contributed by atoms with E-state index in [4.69, 9.17) is 9.47 Å². The van der Waals surface area contributed by atoms with Crippen LogP contribution >= 0.6 is 11.8 Å². The van der Waals surface area contributed by atoms with Gasteiger partial charge in [-0.25, -0.2) is 0 Å². The van der Waals surface area contributed by atoms with Crippen molar-refractivity contribution in [3.05, 3.63) is 73.1 Å². The van der Waals surface area contributed by atoms with Gasteiger partial charge in [-0.2, -0.15) is 0 Å². The molecule has 0 unspecified atom stereocenters. The van der Waals surface area contributed by atoms with Crippen molar-refractivity contribution in [3.63, 3.8) is 0 Å². The second-order valence-electron chi connectivity index (χ2n) is 6.87. The van der Waals surface area contributed by atoms with Crippen molar-refractivity contribution >= 4 is 23.4 Å². The number of benzene rings is 2. The molecule has 8 nitrogen and oxygen atoms in total. The Morgan fingerprint density at radius 1 is 0.970 bits per heavy atom. The maximum absolute atomic E-state index is 12.5. The average Bonchev–Trinajstić information content (AvgIpc) is 3.28. The minimum atomic E-state index is -0.142. The topological polar surface area (TPSA) is 91.2 Å². The largest absolute Gasteiger partial charge is 0.497 e. The number of carbonyl (C=O) groups is 1. The zero-order valence-electron chi connectivity index (χ0n) is 18.3. The molecule has 168 valence electrons. The van der Waals surface area contributed by atoms with Crippen LogP contribution in [0.1, 0.15) is 6.92 Å². The first-order valence-corrected chi connectivity index (χ1v) is 11.3. The van der Waals surface area contributed by atoms with E-state index in [1.54, 1.807) is 43.8 Å². The highest BCUT2D eigenvalue weighted by Crippen LogP contribution is 2.29. The van der Waals surface area contributed by atoms with Crippen molar-refractivity contribution in [2.75, 3.05) is 24.8 Å².